The van der Waals surface area contributed by atoms with Crippen molar-refractivity contribution >= 4 is 28.9 Å². The maximum absolute atomic E-state index is 12.7. The molecule has 1 spiro atoms. The maximum atomic E-state index is 12.7. The Balaban J connectivity index is 1.51. The minimum absolute atomic E-state index is 0.245. The zero-order chi connectivity index (χ0) is 17.6. The van der Waals surface area contributed by atoms with E-state index in [1.807, 2.05) is 24.3 Å². The van der Waals surface area contributed by atoms with Crippen LogP contribution in [0.3, 0.4) is 0 Å². The Morgan fingerprint density at radius 3 is 2.81 bits per heavy atom. The fourth-order valence-corrected chi connectivity index (χ4v) is 4.63. The minimum Gasteiger partial charge on any atom is -0.412 e. The van der Waals surface area contributed by atoms with Crippen LogP contribution < -0.4 is 15.6 Å². The molecular formula is C20H23N4O2+. The van der Waals surface area contributed by atoms with E-state index in [-0.39, 0.29) is 5.54 Å². The number of hydrogen-bond acceptors (Lipinski definition) is 5. The monoisotopic (exact) mass is 351 g/mol. The molecule has 1 fully saturated rings. The molecule has 1 aromatic carbocycles. The van der Waals surface area contributed by atoms with Crippen molar-refractivity contribution in [3.05, 3.63) is 35.5 Å². The zero-order valence-corrected chi connectivity index (χ0v) is 14.7. The summed E-state index contributed by atoms with van der Waals surface area (Å²) in [5.41, 5.74) is 3.40. The fourth-order valence-electron chi connectivity index (χ4n) is 4.63. The molecule has 3 N–H and O–H groups in total. The lowest BCUT2D eigenvalue weighted by molar-refractivity contribution is -0.549. The molecule has 0 unspecified atom stereocenters. The van der Waals surface area contributed by atoms with Gasteiger partial charge in [-0.25, -0.2) is 5.32 Å². The number of guanidine groups is 1. The highest BCUT2D eigenvalue weighted by molar-refractivity contribution is 6.01. The number of nitrogens with zero attached hydrogens (tertiary/aromatic N) is 1. The van der Waals surface area contributed by atoms with Gasteiger partial charge in [-0.05, 0) is 44.2 Å². The van der Waals surface area contributed by atoms with Crippen molar-refractivity contribution in [1.29, 1.82) is 0 Å². The number of fused-ring (bicyclic) bond motifs is 2. The van der Waals surface area contributed by atoms with E-state index in [1.54, 1.807) is 0 Å². The number of hydrogen-bond donors (Lipinski definition) is 3. The second-order valence-electron chi connectivity index (χ2n) is 7.51. The summed E-state index contributed by atoms with van der Waals surface area (Å²) in [6.45, 7) is 0. The van der Waals surface area contributed by atoms with Gasteiger partial charge < -0.3 is 4.42 Å². The lowest BCUT2D eigenvalue weighted by atomic mass is 9.71. The summed E-state index contributed by atoms with van der Waals surface area (Å²) in [6.07, 6.45) is 8.02. The highest BCUT2D eigenvalue weighted by Gasteiger charge is 2.47. The third-order valence-corrected chi connectivity index (χ3v) is 5.76. The number of carbonyl (C=O) groups is 1. The standard InChI is InChI=1S/C20H22N4O2/c25-15-9-6-8-14-17(15)20(11-4-1-5-12-20)24-18(21-14)23-19-22-13-7-2-3-10-16(13)26-19/h2-3,7,10H,1,4-6,8-9,11-12H2,(H2,21,22,23,24)/p+1. The second-order valence-corrected chi connectivity index (χ2v) is 7.51. The molecular weight excluding hydrogens is 328 g/mol. The number of rotatable bonds is 1. The SMILES string of the molecule is O=C1CCCC2=C1C1(CCCCC1)[NH+]=C(Nc1nc3ccccc3o1)N2. The van der Waals surface area contributed by atoms with Crippen molar-refractivity contribution in [2.75, 3.05) is 5.32 Å². The van der Waals surface area contributed by atoms with Crippen molar-refractivity contribution < 1.29 is 14.2 Å². The Bertz CT molecular complexity index is 901. The van der Waals surface area contributed by atoms with Crippen LogP contribution in [0.25, 0.3) is 11.1 Å². The molecule has 0 radical (unpaired) electrons. The van der Waals surface area contributed by atoms with Gasteiger partial charge >= 0.3 is 12.0 Å². The normalized spacial score (nSPS) is 22.2. The van der Waals surface area contributed by atoms with E-state index in [9.17, 15) is 4.79 Å². The number of oxazole rings is 1. The maximum Gasteiger partial charge on any atom is 0.365 e. The van der Waals surface area contributed by atoms with Gasteiger partial charge in [-0.1, -0.05) is 18.6 Å². The molecule has 6 heteroatoms. The molecule has 0 saturated heterocycles. The number of nitrogens with one attached hydrogen (secondary N) is 3. The third-order valence-electron chi connectivity index (χ3n) is 5.76. The highest BCUT2D eigenvalue weighted by Crippen LogP contribution is 2.37. The van der Waals surface area contributed by atoms with Crippen LogP contribution in [-0.2, 0) is 4.79 Å². The summed E-state index contributed by atoms with van der Waals surface area (Å²) < 4.78 is 5.80. The van der Waals surface area contributed by atoms with Crippen LogP contribution in [0.2, 0.25) is 0 Å². The minimum atomic E-state index is -0.245. The summed E-state index contributed by atoms with van der Waals surface area (Å²) in [4.78, 5) is 20.8. The molecule has 0 bridgehead atoms. The van der Waals surface area contributed by atoms with Crippen molar-refractivity contribution in [3.8, 4) is 0 Å². The Kier molecular flexibility index (Phi) is 3.58. The van der Waals surface area contributed by atoms with Crippen LogP contribution >= 0.6 is 0 Å². The van der Waals surface area contributed by atoms with E-state index < -0.39 is 0 Å². The summed E-state index contributed by atoms with van der Waals surface area (Å²) in [5.74, 6) is 1.07. The average molecular weight is 351 g/mol. The van der Waals surface area contributed by atoms with E-state index in [4.69, 9.17) is 4.42 Å². The Morgan fingerprint density at radius 1 is 1.12 bits per heavy atom. The largest absolute Gasteiger partial charge is 0.412 e. The molecule has 6 nitrogen and oxygen atoms in total. The molecule has 1 aliphatic heterocycles. The van der Waals surface area contributed by atoms with Gasteiger partial charge in [-0.3, -0.25) is 9.79 Å². The van der Waals surface area contributed by atoms with Crippen molar-refractivity contribution in [2.45, 2.75) is 56.9 Å². The molecule has 5 rings (SSSR count). The van der Waals surface area contributed by atoms with Crippen LogP contribution in [0.15, 0.2) is 40.0 Å². The smallest absolute Gasteiger partial charge is 0.365 e. The number of aromatic nitrogens is 1. The number of ketones is 1. The molecule has 0 amide bonds. The number of carbonyl (C=O) groups excluding carboxylic acids is 1. The van der Waals surface area contributed by atoms with Crippen LogP contribution in [0.4, 0.5) is 6.01 Å². The quantitative estimate of drug-likeness (QED) is 0.732. The van der Waals surface area contributed by atoms with Crippen molar-refractivity contribution in [1.82, 2.24) is 10.3 Å². The van der Waals surface area contributed by atoms with Gasteiger partial charge in [-0.2, -0.15) is 10.3 Å². The predicted molar refractivity (Wildman–Crippen MR) is 98.4 cm³/mol. The lowest BCUT2D eigenvalue weighted by Gasteiger charge is -2.39. The average Bonchev–Trinajstić information content (AvgIpc) is 3.04. The Hall–Kier alpha value is -2.63. The van der Waals surface area contributed by atoms with Crippen molar-refractivity contribution in [2.24, 2.45) is 0 Å². The summed E-state index contributed by atoms with van der Waals surface area (Å²) in [5, 5.41) is 6.66. The first-order chi connectivity index (χ1) is 12.7. The number of benzene rings is 1. The Labute approximate surface area is 151 Å². The molecule has 1 aromatic heterocycles. The summed E-state index contributed by atoms with van der Waals surface area (Å²) in [6, 6.07) is 8.17. The van der Waals surface area contributed by atoms with E-state index in [2.05, 4.69) is 20.6 Å². The molecule has 1 saturated carbocycles. The molecule has 3 aliphatic rings. The first kappa shape index (κ1) is 15.6. The molecule has 2 heterocycles. The van der Waals surface area contributed by atoms with Gasteiger partial charge in [0.1, 0.15) is 11.1 Å². The number of anilines is 1. The second kappa shape index (κ2) is 5.97. The van der Waals surface area contributed by atoms with E-state index in [1.165, 1.54) is 6.42 Å². The third kappa shape index (κ3) is 2.52. The molecule has 0 atom stereocenters. The van der Waals surface area contributed by atoms with E-state index in [0.717, 1.165) is 66.9 Å². The Morgan fingerprint density at radius 2 is 1.96 bits per heavy atom. The van der Waals surface area contributed by atoms with E-state index >= 15 is 0 Å². The predicted octanol–water partition coefficient (Wildman–Crippen LogP) is 1.99. The van der Waals surface area contributed by atoms with Crippen molar-refractivity contribution in [3.63, 3.8) is 0 Å². The van der Waals surface area contributed by atoms with Crippen LogP contribution in [-0.4, -0.2) is 22.3 Å². The van der Waals surface area contributed by atoms with Crippen LogP contribution in [0, 0.1) is 0 Å². The first-order valence-electron chi connectivity index (χ1n) is 9.55. The van der Waals surface area contributed by atoms with Gasteiger partial charge in [0.15, 0.2) is 11.4 Å². The number of allylic oxidation sites excluding steroid dienone is 1. The first-order valence-corrected chi connectivity index (χ1v) is 9.55. The van der Waals surface area contributed by atoms with Crippen LogP contribution in [0.1, 0.15) is 51.4 Å². The molecule has 2 aromatic rings. The van der Waals surface area contributed by atoms with Gasteiger partial charge in [-0.15, -0.1) is 0 Å². The molecule has 2 aliphatic carbocycles. The molecule has 134 valence electrons. The fraction of sp³-hybridized carbons (Fsp3) is 0.450. The lowest BCUT2D eigenvalue weighted by Crippen LogP contribution is -2.93. The van der Waals surface area contributed by atoms with Gasteiger partial charge in [0.2, 0.25) is 0 Å². The molecule has 26 heavy (non-hydrogen) atoms. The van der Waals surface area contributed by atoms with Crippen LogP contribution in [0.5, 0.6) is 0 Å². The van der Waals surface area contributed by atoms with Gasteiger partial charge in [0.25, 0.3) is 0 Å². The summed E-state index contributed by atoms with van der Waals surface area (Å²) >= 11 is 0. The summed E-state index contributed by atoms with van der Waals surface area (Å²) in [7, 11) is 0. The highest BCUT2D eigenvalue weighted by atomic mass is 16.4. The van der Waals surface area contributed by atoms with E-state index in [0.29, 0.717) is 18.2 Å². The van der Waals surface area contributed by atoms with Gasteiger partial charge in [0, 0.05) is 12.8 Å². The topological polar surface area (TPSA) is 81.1 Å². The number of Topliss-reactive ketones (excluding diaryl/α,β-unsaturated/α-hetero) is 1. The zero-order valence-electron chi connectivity index (χ0n) is 14.7. The van der Waals surface area contributed by atoms with Gasteiger partial charge in [0.05, 0.1) is 11.3 Å². The number of para-hydroxylation sites is 2.